The number of amides is 1. The zero-order valence-electron chi connectivity index (χ0n) is 8.68. The maximum absolute atomic E-state index is 11.9. The van der Waals surface area contributed by atoms with Crippen molar-refractivity contribution < 1.29 is 4.79 Å². The second-order valence-electron chi connectivity index (χ2n) is 4.70. The van der Waals surface area contributed by atoms with Gasteiger partial charge in [-0.2, -0.15) is 0 Å². The Morgan fingerprint density at radius 3 is 2.79 bits per heavy atom. The lowest BCUT2D eigenvalue weighted by Crippen LogP contribution is -2.57. The van der Waals surface area contributed by atoms with Gasteiger partial charge in [0.1, 0.15) is 0 Å². The van der Waals surface area contributed by atoms with E-state index in [0.29, 0.717) is 0 Å². The summed E-state index contributed by atoms with van der Waals surface area (Å²) in [6, 6.07) is 0.411. The molecule has 2 rings (SSSR count). The molecule has 80 valence electrons. The van der Waals surface area contributed by atoms with Crippen LogP contribution in [-0.4, -0.2) is 30.1 Å². The summed E-state index contributed by atoms with van der Waals surface area (Å²) in [6.45, 7) is 2.93. The smallest absolute Gasteiger partial charge is 0.240 e. The van der Waals surface area contributed by atoms with Crippen molar-refractivity contribution in [1.29, 1.82) is 0 Å². The Balaban J connectivity index is 1.88. The van der Waals surface area contributed by atoms with Gasteiger partial charge in [0.2, 0.25) is 5.91 Å². The van der Waals surface area contributed by atoms with Crippen LogP contribution in [0.2, 0.25) is 0 Å². The molecule has 4 heteroatoms. The molecular formula is C10H19N3O. The quantitative estimate of drug-likeness (QED) is 0.571. The Bertz CT molecular complexity index is 236. The molecule has 4 nitrogen and oxygen atoms in total. The summed E-state index contributed by atoms with van der Waals surface area (Å²) in [5.41, 5.74) is 5.29. The first-order valence-corrected chi connectivity index (χ1v) is 5.43. The Kier molecular flexibility index (Phi) is 2.49. The van der Waals surface area contributed by atoms with E-state index in [1.165, 1.54) is 6.42 Å². The summed E-state index contributed by atoms with van der Waals surface area (Å²) in [5.74, 6) is 0.121. The molecule has 14 heavy (non-hydrogen) atoms. The minimum absolute atomic E-state index is 0.121. The maximum Gasteiger partial charge on any atom is 0.240 e. The molecular weight excluding hydrogens is 178 g/mol. The number of nitrogens with two attached hydrogens (primary N) is 1. The molecule has 0 spiro atoms. The molecule has 4 N–H and O–H groups in total. The standard InChI is InChI=1S/C10H19N3O/c1-10(4-2-3-5-12-10)9(14)13-8-6-7(8)11/h7-8,12H,2-6,11H2,1H3,(H,13,14). The van der Waals surface area contributed by atoms with E-state index in [2.05, 4.69) is 10.6 Å². The zero-order chi connectivity index (χ0) is 10.2. The van der Waals surface area contributed by atoms with Gasteiger partial charge in [-0.15, -0.1) is 0 Å². The molecule has 0 aromatic carbocycles. The van der Waals surface area contributed by atoms with Crippen LogP contribution in [0, 0.1) is 0 Å². The molecule has 1 aliphatic carbocycles. The van der Waals surface area contributed by atoms with Gasteiger partial charge in [-0.25, -0.2) is 0 Å². The SMILES string of the molecule is CC1(C(=O)NC2CC2N)CCCCN1. The number of carbonyl (C=O) groups excluding carboxylic acids is 1. The number of hydrogen-bond acceptors (Lipinski definition) is 3. The molecule has 0 radical (unpaired) electrons. The van der Waals surface area contributed by atoms with Crippen molar-refractivity contribution in [3.63, 3.8) is 0 Å². The minimum Gasteiger partial charge on any atom is -0.350 e. The van der Waals surface area contributed by atoms with Crippen LogP contribution in [0.5, 0.6) is 0 Å². The highest BCUT2D eigenvalue weighted by atomic mass is 16.2. The fraction of sp³-hybridized carbons (Fsp3) is 0.900. The first-order valence-electron chi connectivity index (χ1n) is 5.43. The molecule has 0 aromatic heterocycles. The topological polar surface area (TPSA) is 67.2 Å². The van der Waals surface area contributed by atoms with E-state index in [-0.39, 0.29) is 23.5 Å². The zero-order valence-corrected chi connectivity index (χ0v) is 8.68. The van der Waals surface area contributed by atoms with E-state index in [0.717, 1.165) is 25.8 Å². The van der Waals surface area contributed by atoms with E-state index >= 15 is 0 Å². The van der Waals surface area contributed by atoms with Crippen LogP contribution in [0.4, 0.5) is 0 Å². The largest absolute Gasteiger partial charge is 0.350 e. The van der Waals surface area contributed by atoms with Gasteiger partial charge in [0.15, 0.2) is 0 Å². The Labute approximate surface area is 84.6 Å². The lowest BCUT2D eigenvalue weighted by atomic mass is 9.90. The fourth-order valence-corrected chi connectivity index (χ4v) is 1.96. The molecule has 2 aliphatic rings. The highest BCUT2D eigenvalue weighted by Crippen LogP contribution is 2.22. The van der Waals surface area contributed by atoms with Gasteiger partial charge in [-0.3, -0.25) is 4.79 Å². The lowest BCUT2D eigenvalue weighted by molar-refractivity contribution is -0.128. The van der Waals surface area contributed by atoms with Crippen molar-refractivity contribution in [2.75, 3.05) is 6.54 Å². The van der Waals surface area contributed by atoms with Crippen LogP contribution in [-0.2, 0) is 4.79 Å². The van der Waals surface area contributed by atoms with Gasteiger partial charge < -0.3 is 16.4 Å². The molecule has 0 aromatic rings. The Morgan fingerprint density at radius 1 is 1.57 bits per heavy atom. The van der Waals surface area contributed by atoms with Crippen molar-refractivity contribution in [2.24, 2.45) is 5.73 Å². The van der Waals surface area contributed by atoms with Gasteiger partial charge in [-0.1, -0.05) is 0 Å². The predicted molar refractivity (Wildman–Crippen MR) is 54.8 cm³/mol. The summed E-state index contributed by atoms with van der Waals surface area (Å²) in [6.07, 6.45) is 4.17. The fourth-order valence-electron chi connectivity index (χ4n) is 1.96. The van der Waals surface area contributed by atoms with Crippen molar-refractivity contribution in [2.45, 2.75) is 50.2 Å². The second-order valence-corrected chi connectivity index (χ2v) is 4.70. The van der Waals surface area contributed by atoms with Crippen LogP contribution in [0.25, 0.3) is 0 Å². The van der Waals surface area contributed by atoms with Crippen molar-refractivity contribution in [3.05, 3.63) is 0 Å². The summed E-state index contributed by atoms with van der Waals surface area (Å²) in [5, 5.41) is 6.28. The number of carbonyl (C=O) groups is 1. The van der Waals surface area contributed by atoms with Gasteiger partial charge in [0.25, 0.3) is 0 Å². The summed E-state index contributed by atoms with van der Waals surface area (Å²) >= 11 is 0. The van der Waals surface area contributed by atoms with Gasteiger partial charge in [0, 0.05) is 12.1 Å². The number of rotatable bonds is 2. The van der Waals surface area contributed by atoms with Gasteiger partial charge in [-0.05, 0) is 39.2 Å². The molecule has 3 unspecified atom stereocenters. The molecule has 1 saturated carbocycles. The summed E-state index contributed by atoms with van der Waals surface area (Å²) in [4.78, 5) is 11.9. The van der Waals surface area contributed by atoms with Crippen molar-refractivity contribution >= 4 is 5.91 Å². The first-order chi connectivity index (χ1) is 6.62. The van der Waals surface area contributed by atoms with E-state index < -0.39 is 0 Å². The number of nitrogens with one attached hydrogen (secondary N) is 2. The third-order valence-corrected chi connectivity index (χ3v) is 3.28. The highest BCUT2D eigenvalue weighted by Gasteiger charge is 2.40. The molecule has 1 saturated heterocycles. The number of piperidine rings is 1. The average molecular weight is 197 g/mol. The van der Waals surface area contributed by atoms with Gasteiger partial charge >= 0.3 is 0 Å². The second kappa shape index (κ2) is 3.51. The molecule has 1 amide bonds. The van der Waals surface area contributed by atoms with Crippen LogP contribution < -0.4 is 16.4 Å². The van der Waals surface area contributed by atoms with E-state index in [1.54, 1.807) is 0 Å². The van der Waals surface area contributed by atoms with Crippen molar-refractivity contribution in [1.82, 2.24) is 10.6 Å². The monoisotopic (exact) mass is 197 g/mol. The van der Waals surface area contributed by atoms with Gasteiger partial charge in [0.05, 0.1) is 5.54 Å². The maximum atomic E-state index is 11.9. The minimum atomic E-state index is -0.361. The number of hydrogen-bond donors (Lipinski definition) is 3. The molecule has 1 aliphatic heterocycles. The lowest BCUT2D eigenvalue weighted by Gasteiger charge is -2.33. The van der Waals surface area contributed by atoms with Crippen LogP contribution >= 0.6 is 0 Å². The Hall–Kier alpha value is -0.610. The third-order valence-electron chi connectivity index (χ3n) is 3.28. The van der Waals surface area contributed by atoms with Crippen LogP contribution in [0.1, 0.15) is 32.6 Å². The predicted octanol–water partition coefficient (Wildman–Crippen LogP) is -0.266. The van der Waals surface area contributed by atoms with E-state index in [9.17, 15) is 4.79 Å². The highest BCUT2D eigenvalue weighted by molar-refractivity contribution is 5.86. The van der Waals surface area contributed by atoms with Crippen LogP contribution in [0.15, 0.2) is 0 Å². The van der Waals surface area contributed by atoms with Crippen molar-refractivity contribution in [3.8, 4) is 0 Å². The van der Waals surface area contributed by atoms with E-state index in [1.807, 2.05) is 6.92 Å². The van der Waals surface area contributed by atoms with E-state index in [4.69, 9.17) is 5.73 Å². The molecule has 0 bridgehead atoms. The van der Waals surface area contributed by atoms with Crippen LogP contribution in [0.3, 0.4) is 0 Å². The first kappa shape index (κ1) is 9.93. The average Bonchev–Trinajstić information content (AvgIpc) is 2.83. The third kappa shape index (κ3) is 1.91. The normalized spacial score (nSPS) is 41.9. The molecule has 3 atom stereocenters. The summed E-state index contributed by atoms with van der Waals surface area (Å²) in [7, 11) is 0. The molecule has 2 fully saturated rings. The Morgan fingerprint density at radius 2 is 2.29 bits per heavy atom. The summed E-state index contributed by atoms with van der Waals surface area (Å²) < 4.78 is 0. The molecule has 1 heterocycles.